The standard InChI is InChI=1S/3C18H36O2.Na.Pb/c3*1-2-3-4-5-6-7-8-9-10-11-12-13-14-15-16-17-18(19)20;;/h3*2-17H2,1H3,(H,19,20);;/q;;;+1;+2/p-3. The number of carboxylic acids is 3. The van der Waals surface area contributed by atoms with Gasteiger partial charge in [0.25, 0.3) is 0 Å². The first-order chi connectivity index (χ1) is 29.3. The van der Waals surface area contributed by atoms with Crippen molar-refractivity contribution in [2.45, 2.75) is 329 Å². The van der Waals surface area contributed by atoms with E-state index in [2.05, 4.69) is 20.8 Å². The second-order valence-corrected chi connectivity index (χ2v) is 18.2. The van der Waals surface area contributed by atoms with Crippen molar-refractivity contribution >= 4 is 45.2 Å². The van der Waals surface area contributed by atoms with Crippen LogP contribution in [0.15, 0.2) is 0 Å². The van der Waals surface area contributed by atoms with Crippen molar-refractivity contribution in [3.63, 3.8) is 0 Å². The number of unbranched alkanes of at least 4 members (excludes halogenated alkanes) is 42. The summed E-state index contributed by atoms with van der Waals surface area (Å²) in [6.45, 7) is 6.80. The fourth-order valence-corrected chi connectivity index (χ4v) is 7.92. The number of carbonyl (C=O) groups excluding carboxylic acids is 3. The molecule has 0 aliphatic carbocycles. The van der Waals surface area contributed by atoms with Gasteiger partial charge in [0, 0.05) is 17.9 Å². The molecule has 0 aromatic rings. The molecule has 6 nitrogen and oxygen atoms in total. The second-order valence-electron chi connectivity index (χ2n) is 18.2. The molecule has 0 saturated heterocycles. The van der Waals surface area contributed by atoms with Gasteiger partial charge in [-0.05, 0) is 38.5 Å². The number of rotatable bonds is 48. The van der Waals surface area contributed by atoms with E-state index in [0.29, 0.717) is 0 Å². The molecule has 62 heavy (non-hydrogen) atoms. The molecule has 0 unspecified atom stereocenters. The Bertz CT molecular complexity index is 724. The van der Waals surface area contributed by atoms with Gasteiger partial charge in [-0.15, -0.1) is 0 Å². The zero-order valence-electron chi connectivity index (χ0n) is 42.4. The van der Waals surface area contributed by atoms with Gasteiger partial charge in [0.05, 0.1) is 0 Å². The van der Waals surface area contributed by atoms with Crippen LogP contribution in [0.25, 0.3) is 0 Å². The topological polar surface area (TPSA) is 120 Å². The number of aliphatic carboxylic acids is 3. The zero-order valence-corrected chi connectivity index (χ0v) is 48.3. The molecule has 0 N–H and O–H groups in total. The summed E-state index contributed by atoms with van der Waals surface area (Å²) >= 11 is 0. The molecule has 2 radical (unpaired) electrons. The van der Waals surface area contributed by atoms with Crippen LogP contribution in [0.5, 0.6) is 0 Å². The average Bonchev–Trinajstić information content (AvgIpc) is 3.22. The fraction of sp³-hybridized carbons (Fsp3) is 0.944. The van der Waals surface area contributed by atoms with Crippen molar-refractivity contribution in [3.05, 3.63) is 0 Å². The van der Waals surface area contributed by atoms with Crippen LogP contribution < -0.4 is 44.9 Å². The van der Waals surface area contributed by atoms with E-state index in [1.165, 1.54) is 250 Å². The first-order valence-electron chi connectivity index (χ1n) is 26.9. The molecule has 8 heteroatoms. The van der Waals surface area contributed by atoms with Crippen LogP contribution in [-0.4, -0.2) is 45.2 Å². The minimum absolute atomic E-state index is 0. The van der Waals surface area contributed by atoms with Crippen LogP contribution in [0.3, 0.4) is 0 Å². The van der Waals surface area contributed by atoms with Crippen LogP contribution in [0.2, 0.25) is 0 Å². The summed E-state index contributed by atoms with van der Waals surface area (Å²) in [6.07, 6.45) is 59.6. The summed E-state index contributed by atoms with van der Waals surface area (Å²) in [5, 5.41) is 30.7. The average molecular weight is 1080 g/mol. The summed E-state index contributed by atoms with van der Waals surface area (Å²) in [4.78, 5) is 30.7. The van der Waals surface area contributed by atoms with Gasteiger partial charge < -0.3 is 29.7 Å². The van der Waals surface area contributed by atoms with E-state index in [-0.39, 0.29) is 76.1 Å². The molecule has 0 aromatic carbocycles. The quantitative estimate of drug-likeness (QED) is 0.0442. The minimum Gasteiger partial charge on any atom is -0.550 e. The molecular formula is C54H105NaO6Pb. The predicted octanol–water partition coefficient (Wildman–Crippen LogP) is 11.6. The normalized spacial score (nSPS) is 10.5. The number of hydrogen-bond donors (Lipinski definition) is 0. The SMILES string of the molecule is CCCCCCCCCCCCCCCCCC(=O)[O-].CCCCCCCCCCCCCCCCCC(=O)[O-].CCCCCCCCCCCCCCCCCC(=O)[O-].[Na+].[Pb+2]. The van der Waals surface area contributed by atoms with Crippen LogP contribution in [0.4, 0.5) is 0 Å². The molecule has 0 saturated carbocycles. The first kappa shape index (κ1) is 71.3. The molecule has 0 aliphatic rings. The van der Waals surface area contributed by atoms with Crippen molar-refractivity contribution in [1.82, 2.24) is 0 Å². The van der Waals surface area contributed by atoms with Gasteiger partial charge in [0.1, 0.15) is 0 Å². The molecule has 0 fully saturated rings. The van der Waals surface area contributed by atoms with E-state index in [0.717, 1.165) is 38.5 Å². The molecule has 0 amide bonds. The maximum atomic E-state index is 10.2. The van der Waals surface area contributed by atoms with E-state index >= 15 is 0 Å². The van der Waals surface area contributed by atoms with Gasteiger partial charge in [0.2, 0.25) is 0 Å². The van der Waals surface area contributed by atoms with Crippen molar-refractivity contribution in [3.8, 4) is 0 Å². The Hall–Kier alpha value is 0.332. The van der Waals surface area contributed by atoms with Crippen LogP contribution in [0.1, 0.15) is 329 Å². The molecule has 362 valence electrons. The Morgan fingerprint density at radius 3 is 0.419 bits per heavy atom. The van der Waals surface area contributed by atoms with Gasteiger partial charge in [0.15, 0.2) is 0 Å². The summed E-state index contributed by atoms with van der Waals surface area (Å²) in [6, 6.07) is 0. The van der Waals surface area contributed by atoms with E-state index in [1.807, 2.05) is 0 Å². The molecule has 0 heterocycles. The molecular weight excluding hydrogens is 975 g/mol. The summed E-state index contributed by atoms with van der Waals surface area (Å²) in [5.74, 6) is -2.71. The molecule has 0 atom stereocenters. The van der Waals surface area contributed by atoms with E-state index < -0.39 is 17.9 Å². The summed E-state index contributed by atoms with van der Waals surface area (Å²) in [7, 11) is 0. The largest absolute Gasteiger partial charge is 2.00 e. The predicted molar refractivity (Wildman–Crippen MR) is 259 cm³/mol. The Labute approximate surface area is 430 Å². The summed E-state index contributed by atoms with van der Waals surface area (Å²) in [5.41, 5.74) is 0. The third-order valence-corrected chi connectivity index (χ3v) is 12.0. The summed E-state index contributed by atoms with van der Waals surface area (Å²) < 4.78 is 0. The first-order valence-corrected chi connectivity index (χ1v) is 26.9. The monoisotopic (exact) mass is 1080 g/mol. The van der Waals surface area contributed by atoms with Crippen LogP contribution >= 0.6 is 0 Å². The van der Waals surface area contributed by atoms with Gasteiger partial charge in [-0.3, -0.25) is 0 Å². The van der Waals surface area contributed by atoms with Crippen molar-refractivity contribution in [1.29, 1.82) is 0 Å². The Kier molecular flexibility index (Phi) is 78.1. The Morgan fingerprint density at radius 1 is 0.226 bits per heavy atom. The van der Waals surface area contributed by atoms with E-state index in [1.54, 1.807) is 0 Å². The maximum Gasteiger partial charge on any atom is 2.00 e. The van der Waals surface area contributed by atoms with E-state index in [4.69, 9.17) is 0 Å². The molecule has 0 rings (SSSR count). The minimum atomic E-state index is -0.903. The number of carbonyl (C=O) groups is 3. The van der Waals surface area contributed by atoms with Crippen molar-refractivity contribution in [2.24, 2.45) is 0 Å². The van der Waals surface area contributed by atoms with Gasteiger partial charge in [-0.2, -0.15) is 0 Å². The Balaban J connectivity index is -0.000000258. The second kappa shape index (κ2) is 67.9. The van der Waals surface area contributed by atoms with Crippen molar-refractivity contribution < 1.29 is 59.3 Å². The number of carboxylic acid groups (broad SMARTS) is 3. The smallest absolute Gasteiger partial charge is 0.550 e. The third kappa shape index (κ3) is 80.6. The number of hydrogen-bond acceptors (Lipinski definition) is 6. The van der Waals surface area contributed by atoms with Crippen LogP contribution in [0, 0.1) is 0 Å². The molecule has 0 aromatic heterocycles. The van der Waals surface area contributed by atoms with E-state index in [9.17, 15) is 29.7 Å². The molecule has 0 aliphatic heterocycles. The zero-order chi connectivity index (χ0) is 44.7. The maximum absolute atomic E-state index is 10.2. The van der Waals surface area contributed by atoms with Gasteiger partial charge in [-0.1, -0.05) is 290 Å². The fourth-order valence-electron chi connectivity index (χ4n) is 7.92. The third-order valence-electron chi connectivity index (χ3n) is 12.0. The van der Waals surface area contributed by atoms with Gasteiger partial charge in [-0.25, -0.2) is 0 Å². The van der Waals surface area contributed by atoms with Crippen molar-refractivity contribution in [2.75, 3.05) is 0 Å². The molecule has 0 bridgehead atoms. The Morgan fingerprint density at radius 2 is 0.323 bits per heavy atom. The van der Waals surface area contributed by atoms with Crippen LogP contribution in [-0.2, 0) is 14.4 Å². The molecule has 0 spiro atoms. The van der Waals surface area contributed by atoms with Gasteiger partial charge >= 0.3 is 56.9 Å².